The Kier molecular flexibility index (Phi) is 4.65. The second-order valence-electron chi connectivity index (χ2n) is 3.95. The van der Waals surface area contributed by atoms with Crippen molar-refractivity contribution < 1.29 is 8.42 Å². The van der Waals surface area contributed by atoms with E-state index in [4.69, 9.17) is 5.73 Å². The molecule has 0 aromatic carbocycles. The van der Waals surface area contributed by atoms with Crippen molar-refractivity contribution in [2.45, 2.75) is 17.2 Å². The number of pyridine rings is 1. The summed E-state index contributed by atoms with van der Waals surface area (Å²) >= 11 is 1.18. The summed E-state index contributed by atoms with van der Waals surface area (Å²) in [6.07, 6.45) is 2.26. The van der Waals surface area contributed by atoms with Gasteiger partial charge in [-0.15, -0.1) is 11.3 Å². The largest absolute Gasteiger partial charge is 0.326 e. The lowest BCUT2D eigenvalue weighted by atomic mass is 10.3. The van der Waals surface area contributed by atoms with Crippen LogP contribution in [0.5, 0.6) is 0 Å². The fourth-order valence-electron chi connectivity index (χ4n) is 1.53. The van der Waals surface area contributed by atoms with Gasteiger partial charge in [0.25, 0.3) is 0 Å². The maximum Gasteiger partial charge on any atom is 0.250 e. The van der Waals surface area contributed by atoms with E-state index in [-0.39, 0.29) is 0 Å². The minimum absolute atomic E-state index is 0.300. The Morgan fingerprint density at radius 1 is 1.37 bits per heavy atom. The Morgan fingerprint density at radius 3 is 2.84 bits per heavy atom. The lowest BCUT2D eigenvalue weighted by molar-refractivity contribution is 0.583. The first-order valence-electron chi connectivity index (χ1n) is 5.79. The number of hydrogen-bond acceptors (Lipinski definition) is 5. The second-order valence-corrected chi connectivity index (χ2v) is 6.85. The van der Waals surface area contributed by atoms with Gasteiger partial charge in [-0.2, -0.15) is 0 Å². The molecule has 0 spiro atoms. The van der Waals surface area contributed by atoms with Crippen LogP contribution in [0.2, 0.25) is 0 Å². The van der Waals surface area contributed by atoms with Gasteiger partial charge in [-0.05, 0) is 29.1 Å². The van der Waals surface area contributed by atoms with E-state index in [2.05, 4.69) is 9.71 Å². The van der Waals surface area contributed by atoms with E-state index < -0.39 is 10.0 Å². The van der Waals surface area contributed by atoms with E-state index >= 15 is 0 Å². The first-order valence-corrected chi connectivity index (χ1v) is 8.15. The summed E-state index contributed by atoms with van der Waals surface area (Å²) in [6, 6.07) is 7.18. The number of thiophene rings is 1. The normalized spacial score (nSPS) is 11.6. The van der Waals surface area contributed by atoms with E-state index in [9.17, 15) is 8.42 Å². The predicted octanol–water partition coefficient (Wildman–Crippen LogP) is 1.12. The highest BCUT2D eigenvalue weighted by molar-refractivity contribution is 7.91. The van der Waals surface area contributed by atoms with Gasteiger partial charge < -0.3 is 5.73 Å². The zero-order valence-electron chi connectivity index (χ0n) is 10.2. The molecule has 2 aromatic rings. The van der Waals surface area contributed by atoms with Crippen LogP contribution in [0, 0.1) is 0 Å². The maximum absolute atomic E-state index is 12.0. The van der Waals surface area contributed by atoms with Crippen LogP contribution in [-0.2, 0) is 23.0 Å². The molecule has 0 aliphatic rings. The Morgan fingerprint density at radius 2 is 2.21 bits per heavy atom. The SMILES string of the molecule is NCc1csc(S(=O)(=O)NCCc2ccccn2)c1. The first-order chi connectivity index (χ1) is 9.12. The summed E-state index contributed by atoms with van der Waals surface area (Å²) in [4.78, 5) is 4.14. The highest BCUT2D eigenvalue weighted by Crippen LogP contribution is 2.19. The molecule has 0 amide bonds. The van der Waals surface area contributed by atoms with Crippen molar-refractivity contribution in [2.75, 3.05) is 6.54 Å². The average Bonchev–Trinajstić information content (AvgIpc) is 2.89. The van der Waals surface area contributed by atoms with Gasteiger partial charge in [0.05, 0.1) is 0 Å². The van der Waals surface area contributed by atoms with Crippen LogP contribution in [0.15, 0.2) is 40.1 Å². The van der Waals surface area contributed by atoms with Crippen LogP contribution < -0.4 is 10.5 Å². The molecule has 2 heterocycles. The van der Waals surface area contributed by atoms with E-state index in [1.807, 2.05) is 18.2 Å². The number of nitrogens with one attached hydrogen (secondary N) is 1. The molecule has 2 aromatic heterocycles. The Balaban J connectivity index is 1.94. The van der Waals surface area contributed by atoms with Crippen LogP contribution in [0.25, 0.3) is 0 Å². The highest BCUT2D eigenvalue weighted by Gasteiger charge is 2.15. The number of rotatable bonds is 6. The Bertz CT molecular complexity index is 623. The molecule has 0 unspecified atom stereocenters. The van der Waals surface area contributed by atoms with Gasteiger partial charge in [-0.25, -0.2) is 13.1 Å². The third-order valence-electron chi connectivity index (χ3n) is 2.53. The molecule has 3 N–H and O–H groups in total. The molecule has 0 saturated heterocycles. The molecular weight excluding hydrogens is 282 g/mol. The summed E-state index contributed by atoms with van der Waals surface area (Å²) in [5, 5.41) is 1.76. The fraction of sp³-hybridized carbons (Fsp3) is 0.250. The smallest absolute Gasteiger partial charge is 0.250 e. The number of nitrogens with two attached hydrogens (primary N) is 1. The Labute approximate surface area is 116 Å². The van der Waals surface area contributed by atoms with Crippen LogP contribution >= 0.6 is 11.3 Å². The van der Waals surface area contributed by atoms with Crippen molar-refractivity contribution in [3.63, 3.8) is 0 Å². The molecule has 0 atom stereocenters. The highest BCUT2D eigenvalue weighted by atomic mass is 32.2. The standard InChI is InChI=1S/C12H15N3O2S2/c13-8-10-7-12(18-9-10)19(16,17)15-6-4-11-3-1-2-5-14-11/h1-3,5,7,9,15H,4,6,8,13H2. The van der Waals surface area contributed by atoms with Gasteiger partial charge in [-0.1, -0.05) is 6.07 Å². The van der Waals surface area contributed by atoms with Crippen LogP contribution in [0.1, 0.15) is 11.3 Å². The van der Waals surface area contributed by atoms with Gasteiger partial charge in [0.2, 0.25) is 10.0 Å². The fourth-order valence-corrected chi connectivity index (χ4v) is 3.83. The quantitative estimate of drug-likeness (QED) is 0.837. The lowest BCUT2D eigenvalue weighted by Crippen LogP contribution is -2.25. The number of sulfonamides is 1. The molecule has 5 nitrogen and oxygen atoms in total. The van der Waals surface area contributed by atoms with Gasteiger partial charge in [0, 0.05) is 31.4 Å². The molecule has 2 rings (SSSR count). The average molecular weight is 297 g/mol. The number of hydrogen-bond donors (Lipinski definition) is 2. The van der Waals surface area contributed by atoms with Crippen molar-refractivity contribution in [3.05, 3.63) is 47.1 Å². The molecule has 0 aliphatic carbocycles. The van der Waals surface area contributed by atoms with Crippen molar-refractivity contribution >= 4 is 21.4 Å². The number of nitrogens with zero attached hydrogens (tertiary/aromatic N) is 1. The summed E-state index contributed by atoms with van der Waals surface area (Å²) in [5.41, 5.74) is 7.15. The summed E-state index contributed by atoms with van der Waals surface area (Å²) in [7, 11) is -3.43. The zero-order valence-corrected chi connectivity index (χ0v) is 11.9. The first kappa shape index (κ1) is 14.1. The third-order valence-corrected chi connectivity index (χ3v) is 5.48. The molecule has 0 radical (unpaired) electrons. The Hall–Kier alpha value is -1.28. The van der Waals surface area contributed by atoms with E-state index in [0.29, 0.717) is 23.7 Å². The lowest BCUT2D eigenvalue weighted by Gasteiger charge is -2.04. The van der Waals surface area contributed by atoms with E-state index in [1.165, 1.54) is 11.3 Å². The second kappa shape index (κ2) is 6.25. The summed E-state index contributed by atoms with van der Waals surface area (Å²) in [5.74, 6) is 0. The van der Waals surface area contributed by atoms with Crippen molar-refractivity contribution in [3.8, 4) is 0 Å². The predicted molar refractivity (Wildman–Crippen MR) is 75.3 cm³/mol. The van der Waals surface area contributed by atoms with E-state index in [0.717, 1.165) is 11.3 Å². The van der Waals surface area contributed by atoms with Gasteiger partial charge in [0.15, 0.2) is 0 Å². The summed E-state index contributed by atoms with van der Waals surface area (Å²) < 4.78 is 26.8. The van der Waals surface area contributed by atoms with Gasteiger partial charge in [-0.3, -0.25) is 4.98 Å². The van der Waals surface area contributed by atoms with Crippen LogP contribution in [0.3, 0.4) is 0 Å². The van der Waals surface area contributed by atoms with Crippen LogP contribution in [-0.4, -0.2) is 19.9 Å². The number of aromatic nitrogens is 1. The van der Waals surface area contributed by atoms with Gasteiger partial charge in [0.1, 0.15) is 4.21 Å². The molecule has 0 fully saturated rings. The molecular formula is C12H15N3O2S2. The molecule has 0 bridgehead atoms. The maximum atomic E-state index is 12.0. The molecule has 19 heavy (non-hydrogen) atoms. The van der Waals surface area contributed by atoms with Crippen LogP contribution in [0.4, 0.5) is 0 Å². The minimum atomic E-state index is -3.43. The summed E-state index contributed by atoms with van der Waals surface area (Å²) in [6.45, 7) is 0.676. The van der Waals surface area contributed by atoms with Gasteiger partial charge >= 0.3 is 0 Å². The molecule has 0 saturated carbocycles. The molecule has 0 aliphatic heterocycles. The molecule has 102 valence electrons. The third kappa shape index (κ3) is 3.84. The van der Waals surface area contributed by atoms with Crippen molar-refractivity contribution in [1.29, 1.82) is 0 Å². The van der Waals surface area contributed by atoms with Crippen molar-refractivity contribution in [1.82, 2.24) is 9.71 Å². The van der Waals surface area contributed by atoms with Crippen molar-refractivity contribution in [2.24, 2.45) is 5.73 Å². The minimum Gasteiger partial charge on any atom is -0.326 e. The monoisotopic (exact) mass is 297 g/mol. The topological polar surface area (TPSA) is 85.1 Å². The zero-order chi connectivity index (χ0) is 13.7. The molecule has 7 heteroatoms. The van der Waals surface area contributed by atoms with E-state index in [1.54, 1.807) is 17.6 Å².